The molecule has 4 N–H and O–H groups in total. The molecule has 0 radical (unpaired) electrons. The maximum absolute atomic E-state index is 14.7. The van der Waals surface area contributed by atoms with Crippen LogP contribution in [0.2, 0.25) is 0 Å². The summed E-state index contributed by atoms with van der Waals surface area (Å²) in [5, 5.41) is 8.78. The number of amides is 1. The van der Waals surface area contributed by atoms with Crippen molar-refractivity contribution in [2.75, 3.05) is 38.5 Å². The summed E-state index contributed by atoms with van der Waals surface area (Å²) in [6, 6.07) is 13.2. The zero-order valence-electron chi connectivity index (χ0n) is 22.3. The van der Waals surface area contributed by atoms with Crippen LogP contribution in [0, 0.1) is 5.95 Å². The molecular weight excluding hydrogens is 511 g/mol. The summed E-state index contributed by atoms with van der Waals surface area (Å²) >= 11 is 0. The molecule has 11 heteroatoms. The monoisotopic (exact) mass is 542 g/mol. The van der Waals surface area contributed by atoms with Gasteiger partial charge in [0.05, 0.1) is 17.8 Å². The Morgan fingerprint density at radius 2 is 1.93 bits per heavy atom. The Labute approximate surface area is 230 Å². The molecule has 0 aliphatic carbocycles. The maximum Gasteiger partial charge on any atom is 0.409 e. The average Bonchev–Trinajstić information content (AvgIpc) is 3.57. The lowest BCUT2D eigenvalue weighted by Gasteiger charge is -2.33. The van der Waals surface area contributed by atoms with Crippen molar-refractivity contribution >= 4 is 33.8 Å². The predicted octanol–water partition coefficient (Wildman–Crippen LogP) is 4.94. The van der Waals surface area contributed by atoms with Crippen LogP contribution < -0.4 is 5.73 Å². The van der Waals surface area contributed by atoms with E-state index in [4.69, 9.17) is 10.5 Å². The molecule has 0 unspecified atom stereocenters. The van der Waals surface area contributed by atoms with Crippen LogP contribution in [-0.4, -0.2) is 73.8 Å². The van der Waals surface area contributed by atoms with Crippen molar-refractivity contribution < 1.29 is 13.9 Å². The van der Waals surface area contributed by atoms with Crippen molar-refractivity contribution in [2.45, 2.75) is 26.3 Å². The lowest BCUT2D eigenvalue weighted by atomic mass is 10.0. The van der Waals surface area contributed by atoms with Gasteiger partial charge in [0.25, 0.3) is 0 Å². The standard InChI is InChI=1S/C29H31FN8O2/c1-2-3-12-40-29(39)38-10-8-37(9-11-38)17-20-13-19(15-26(30)33-20)25-16-22-21(6-7-32-28(22)34-25)18-4-5-24-23(14-18)27(31)36-35-24/h4-7,13-16H,2-3,8-12,17H2,1H3,(H,32,34)(H3,31,35,36). The van der Waals surface area contributed by atoms with Gasteiger partial charge in [-0.2, -0.15) is 9.49 Å². The molecule has 0 atom stereocenters. The highest BCUT2D eigenvalue weighted by molar-refractivity contribution is 5.99. The summed E-state index contributed by atoms with van der Waals surface area (Å²) in [5.41, 5.74) is 11.6. The Balaban J connectivity index is 1.21. The molecule has 0 saturated carbocycles. The number of piperazine rings is 1. The fourth-order valence-corrected chi connectivity index (χ4v) is 5.14. The minimum atomic E-state index is -0.543. The van der Waals surface area contributed by atoms with Crippen molar-refractivity contribution in [1.82, 2.24) is 34.9 Å². The van der Waals surface area contributed by atoms with E-state index in [0.29, 0.717) is 62.1 Å². The first kappa shape index (κ1) is 25.8. The first-order chi connectivity index (χ1) is 19.5. The van der Waals surface area contributed by atoms with Gasteiger partial charge in [0.2, 0.25) is 5.95 Å². The topological polar surface area (TPSA) is 129 Å². The fraction of sp³-hybridized carbons (Fsp3) is 0.310. The number of benzene rings is 1. The molecule has 1 aliphatic heterocycles. The number of aromatic amines is 2. The molecular formula is C29H31FN8O2. The van der Waals surface area contributed by atoms with Crippen LogP contribution in [-0.2, 0) is 11.3 Å². The molecule has 5 heterocycles. The SMILES string of the molecule is CCCCOC(=O)N1CCN(Cc2cc(-c3cc4c(-c5ccc6[nH]nc(N)c6c5)ccnc4[nH]3)cc(F)n2)CC1. The second kappa shape index (κ2) is 10.9. The first-order valence-electron chi connectivity index (χ1n) is 13.5. The number of carbonyl (C=O) groups is 1. The number of rotatable bonds is 7. The minimum Gasteiger partial charge on any atom is -0.449 e. The van der Waals surface area contributed by atoms with E-state index in [1.807, 2.05) is 36.4 Å². The molecule has 5 aromatic rings. The largest absolute Gasteiger partial charge is 0.449 e. The van der Waals surface area contributed by atoms with E-state index >= 15 is 0 Å². The number of aromatic nitrogens is 5. The molecule has 1 saturated heterocycles. The van der Waals surface area contributed by atoms with Gasteiger partial charge in [0.1, 0.15) is 5.65 Å². The predicted molar refractivity (Wildman–Crippen MR) is 152 cm³/mol. The molecule has 40 heavy (non-hydrogen) atoms. The summed E-state index contributed by atoms with van der Waals surface area (Å²) in [6.45, 7) is 5.47. The van der Waals surface area contributed by atoms with E-state index in [0.717, 1.165) is 46.0 Å². The van der Waals surface area contributed by atoms with Crippen LogP contribution in [0.4, 0.5) is 15.0 Å². The molecule has 206 valence electrons. The second-order valence-electron chi connectivity index (χ2n) is 10.1. The number of hydrogen-bond donors (Lipinski definition) is 3. The van der Waals surface area contributed by atoms with Gasteiger partial charge < -0.3 is 20.4 Å². The number of halogens is 1. The van der Waals surface area contributed by atoms with Crippen molar-refractivity contribution in [2.24, 2.45) is 0 Å². The normalized spacial score (nSPS) is 14.3. The Morgan fingerprint density at radius 1 is 1.07 bits per heavy atom. The third-order valence-electron chi connectivity index (χ3n) is 7.33. The number of nitrogens with zero attached hydrogens (tertiary/aromatic N) is 5. The van der Waals surface area contributed by atoms with Crippen LogP contribution in [0.5, 0.6) is 0 Å². The van der Waals surface area contributed by atoms with Crippen LogP contribution in [0.1, 0.15) is 25.5 Å². The molecule has 1 aliphatic rings. The van der Waals surface area contributed by atoms with Gasteiger partial charge in [-0.05, 0) is 47.9 Å². The quantitative estimate of drug-likeness (QED) is 0.196. The first-order valence-corrected chi connectivity index (χ1v) is 13.5. The number of fused-ring (bicyclic) bond motifs is 2. The van der Waals surface area contributed by atoms with E-state index in [2.05, 4.69) is 37.0 Å². The highest BCUT2D eigenvalue weighted by atomic mass is 19.1. The zero-order valence-corrected chi connectivity index (χ0v) is 22.3. The van der Waals surface area contributed by atoms with E-state index in [1.54, 1.807) is 11.1 Å². The number of nitrogen functional groups attached to an aromatic ring is 1. The van der Waals surface area contributed by atoms with E-state index < -0.39 is 5.95 Å². The number of ether oxygens (including phenoxy) is 1. The summed E-state index contributed by atoms with van der Waals surface area (Å²) in [4.78, 5) is 28.1. The Kier molecular flexibility index (Phi) is 7.04. The average molecular weight is 543 g/mol. The van der Waals surface area contributed by atoms with Gasteiger partial charge in [-0.3, -0.25) is 10.00 Å². The van der Waals surface area contributed by atoms with Crippen molar-refractivity contribution in [1.29, 1.82) is 0 Å². The smallest absolute Gasteiger partial charge is 0.409 e. The molecule has 6 rings (SSSR count). The van der Waals surface area contributed by atoms with Crippen LogP contribution >= 0.6 is 0 Å². The van der Waals surface area contributed by atoms with Gasteiger partial charge in [0.15, 0.2) is 5.82 Å². The Hall–Kier alpha value is -4.51. The number of carbonyl (C=O) groups excluding carboxylic acids is 1. The molecule has 4 aromatic heterocycles. The molecule has 0 spiro atoms. The summed E-state index contributed by atoms with van der Waals surface area (Å²) in [5.74, 6) is -0.0941. The number of nitrogens with one attached hydrogen (secondary N) is 2. The van der Waals surface area contributed by atoms with Crippen molar-refractivity contribution in [3.8, 4) is 22.4 Å². The molecule has 10 nitrogen and oxygen atoms in total. The molecule has 1 fully saturated rings. The summed E-state index contributed by atoms with van der Waals surface area (Å²) < 4.78 is 20.0. The number of nitrogens with two attached hydrogens (primary N) is 1. The molecule has 1 aromatic carbocycles. The van der Waals surface area contributed by atoms with E-state index in [-0.39, 0.29) is 6.09 Å². The Bertz CT molecular complexity index is 1670. The van der Waals surface area contributed by atoms with Gasteiger partial charge in [-0.1, -0.05) is 19.4 Å². The lowest BCUT2D eigenvalue weighted by molar-refractivity contribution is 0.0734. The van der Waals surface area contributed by atoms with Crippen LogP contribution in [0.25, 0.3) is 44.3 Å². The number of anilines is 1. The van der Waals surface area contributed by atoms with Crippen LogP contribution in [0.15, 0.2) is 48.7 Å². The highest BCUT2D eigenvalue weighted by Crippen LogP contribution is 2.33. The second-order valence-corrected chi connectivity index (χ2v) is 10.1. The van der Waals surface area contributed by atoms with Gasteiger partial charge in [-0.15, -0.1) is 0 Å². The van der Waals surface area contributed by atoms with Crippen molar-refractivity contribution in [3.63, 3.8) is 0 Å². The molecule has 0 bridgehead atoms. The van der Waals surface area contributed by atoms with Gasteiger partial charge in [0, 0.05) is 67.0 Å². The Morgan fingerprint density at radius 3 is 2.75 bits per heavy atom. The number of pyridine rings is 2. The highest BCUT2D eigenvalue weighted by Gasteiger charge is 2.23. The minimum absolute atomic E-state index is 0.265. The maximum atomic E-state index is 14.7. The van der Waals surface area contributed by atoms with Gasteiger partial charge >= 0.3 is 6.09 Å². The number of H-pyrrole nitrogens is 2. The zero-order chi connectivity index (χ0) is 27.6. The lowest BCUT2D eigenvalue weighted by Crippen LogP contribution is -2.48. The van der Waals surface area contributed by atoms with E-state index in [1.165, 1.54) is 6.07 Å². The summed E-state index contributed by atoms with van der Waals surface area (Å²) in [6.07, 6.45) is 3.33. The fourth-order valence-electron chi connectivity index (χ4n) is 5.14. The number of hydrogen-bond acceptors (Lipinski definition) is 7. The van der Waals surface area contributed by atoms with E-state index in [9.17, 15) is 9.18 Å². The third kappa shape index (κ3) is 5.20. The number of unbranched alkanes of at least 4 members (excludes halogenated alkanes) is 1. The van der Waals surface area contributed by atoms with Gasteiger partial charge in [-0.25, -0.2) is 14.8 Å². The van der Waals surface area contributed by atoms with Crippen molar-refractivity contribution in [3.05, 3.63) is 60.3 Å². The summed E-state index contributed by atoms with van der Waals surface area (Å²) in [7, 11) is 0. The van der Waals surface area contributed by atoms with Crippen LogP contribution in [0.3, 0.4) is 0 Å². The molecule has 1 amide bonds. The third-order valence-corrected chi connectivity index (χ3v) is 7.33.